The number of carboxylic acids is 1. The zero-order valence-corrected chi connectivity index (χ0v) is 10.6. The van der Waals surface area contributed by atoms with Gasteiger partial charge in [-0.1, -0.05) is 0 Å². The molecule has 94 valence electrons. The van der Waals surface area contributed by atoms with Crippen LogP contribution in [0.3, 0.4) is 0 Å². The van der Waals surface area contributed by atoms with Crippen LogP contribution < -0.4 is 0 Å². The van der Waals surface area contributed by atoms with Gasteiger partial charge >= 0.3 is 5.97 Å². The standard InChI is InChI=1S/C11H15NO4S/c1-8(11(14)15)16-6-10(13)12(2)5-9-3-4-17-7-9/h3-4,7-8H,5-6H2,1-2H3,(H,14,15). The molecule has 6 heteroatoms. The van der Waals surface area contributed by atoms with Gasteiger partial charge in [0.25, 0.3) is 0 Å². The molecule has 1 aromatic heterocycles. The Morgan fingerprint density at radius 1 is 1.59 bits per heavy atom. The first kappa shape index (κ1) is 13.7. The monoisotopic (exact) mass is 257 g/mol. The zero-order valence-electron chi connectivity index (χ0n) is 9.75. The molecule has 1 heterocycles. The lowest BCUT2D eigenvalue weighted by Crippen LogP contribution is -2.32. The van der Waals surface area contributed by atoms with Crippen molar-refractivity contribution in [1.82, 2.24) is 4.90 Å². The quantitative estimate of drug-likeness (QED) is 0.831. The van der Waals surface area contributed by atoms with Crippen molar-refractivity contribution in [3.63, 3.8) is 0 Å². The average molecular weight is 257 g/mol. The molecule has 1 atom stereocenters. The molecule has 0 aromatic carbocycles. The maximum absolute atomic E-state index is 11.6. The van der Waals surface area contributed by atoms with Gasteiger partial charge in [-0.15, -0.1) is 0 Å². The van der Waals surface area contributed by atoms with Crippen molar-refractivity contribution < 1.29 is 19.4 Å². The van der Waals surface area contributed by atoms with Crippen LogP contribution in [0.25, 0.3) is 0 Å². The number of amides is 1. The molecule has 1 N–H and O–H groups in total. The first-order valence-corrected chi connectivity index (χ1v) is 6.04. The second-order valence-corrected chi connectivity index (χ2v) is 4.45. The Kier molecular flexibility index (Phi) is 5.11. The Hall–Kier alpha value is -1.40. The number of rotatable bonds is 6. The van der Waals surface area contributed by atoms with Gasteiger partial charge in [-0.05, 0) is 29.3 Å². The van der Waals surface area contributed by atoms with Crippen molar-refractivity contribution in [2.45, 2.75) is 19.6 Å². The molecule has 0 fully saturated rings. The fraction of sp³-hybridized carbons (Fsp3) is 0.455. The van der Waals surface area contributed by atoms with E-state index in [-0.39, 0.29) is 12.5 Å². The van der Waals surface area contributed by atoms with E-state index in [9.17, 15) is 9.59 Å². The number of carbonyl (C=O) groups is 2. The molecular formula is C11H15NO4S. The maximum atomic E-state index is 11.6. The number of nitrogens with zero attached hydrogens (tertiary/aromatic N) is 1. The maximum Gasteiger partial charge on any atom is 0.332 e. The molecule has 0 aliphatic rings. The largest absolute Gasteiger partial charge is 0.479 e. The SMILES string of the molecule is CC(OCC(=O)N(C)Cc1ccsc1)C(=O)O. The van der Waals surface area contributed by atoms with Crippen molar-refractivity contribution in [1.29, 1.82) is 0 Å². The summed E-state index contributed by atoms with van der Waals surface area (Å²) in [5, 5.41) is 12.5. The first-order valence-electron chi connectivity index (χ1n) is 5.10. The molecule has 0 radical (unpaired) electrons. The molecule has 5 nitrogen and oxygen atoms in total. The van der Waals surface area contributed by atoms with Gasteiger partial charge in [0, 0.05) is 13.6 Å². The van der Waals surface area contributed by atoms with E-state index in [0.29, 0.717) is 6.54 Å². The summed E-state index contributed by atoms with van der Waals surface area (Å²) >= 11 is 1.57. The van der Waals surface area contributed by atoms with Crippen molar-refractivity contribution in [3.05, 3.63) is 22.4 Å². The lowest BCUT2D eigenvalue weighted by molar-refractivity contribution is -0.152. The van der Waals surface area contributed by atoms with Crippen LogP contribution in [0, 0.1) is 0 Å². The fourth-order valence-corrected chi connectivity index (χ4v) is 1.78. The topological polar surface area (TPSA) is 66.8 Å². The number of hydrogen-bond donors (Lipinski definition) is 1. The average Bonchev–Trinajstić information content (AvgIpc) is 2.77. The van der Waals surface area contributed by atoms with Crippen molar-refractivity contribution in [3.8, 4) is 0 Å². The third-order valence-corrected chi connectivity index (χ3v) is 2.96. The lowest BCUT2D eigenvalue weighted by atomic mass is 10.3. The number of carbonyl (C=O) groups excluding carboxylic acids is 1. The van der Waals surface area contributed by atoms with Crippen LogP contribution in [-0.2, 0) is 20.9 Å². The van der Waals surface area contributed by atoms with Crippen LogP contribution >= 0.6 is 11.3 Å². The Morgan fingerprint density at radius 2 is 2.29 bits per heavy atom. The number of ether oxygens (including phenoxy) is 1. The second-order valence-electron chi connectivity index (χ2n) is 3.67. The summed E-state index contributed by atoms with van der Waals surface area (Å²) in [5.74, 6) is -1.30. The van der Waals surface area contributed by atoms with Gasteiger partial charge in [0.05, 0.1) is 0 Å². The molecule has 0 spiro atoms. The molecule has 0 aliphatic carbocycles. The van der Waals surface area contributed by atoms with Crippen LogP contribution in [-0.4, -0.2) is 41.6 Å². The van der Waals surface area contributed by atoms with E-state index in [4.69, 9.17) is 9.84 Å². The zero-order chi connectivity index (χ0) is 12.8. The fourth-order valence-electron chi connectivity index (χ4n) is 1.12. The summed E-state index contributed by atoms with van der Waals surface area (Å²) in [6, 6.07) is 1.94. The van der Waals surface area contributed by atoms with Gasteiger partial charge in [0.2, 0.25) is 5.91 Å². The molecule has 0 saturated carbocycles. The predicted octanol–water partition coefficient (Wildman–Crippen LogP) is 1.20. The minimum atomic E-state index is -1.07. The minimum Gasteiger partial charge on any atom is -0.479 e. The molecule has 1 aromatic rings. The van der Waals surface area contributed by atoms with Crippen molar-refractivity contribution in [2.24, 2.45) is 0 Å². The van der Waals surface area contributed by atoms with Crippen molar-refractivity contribution in [2.75, 3.05) is 13.7 Å². The molecule has 1 rings (SSSR count). The van der Waals surface area contributed by atoms with Gasteiger partial charge in [0.1, 0.15) is 6.61 Å². The molecule has 17 heavy (non-hydrogen) atoms. The highest BCUT2D eigenvalue weighted by atomic mass is 32.1. The Bertz CT molecular complexity index is 377. The minimum absolute atomic E-state index is 0.214. The number of likely N-dealkylation sites (N-methyl/N-ethyl adjacent to an activating group) is 1. The predicted molar refractivity (Wildman–Crippen MR) is 63.8 cm³/mol. The van der Waals surface area contributed by atoms with Crippen LogP contribution in [0.5, 0.6) is 0 Å². The van der Waals surface area contributed by atoms with Crippen LogP contribution in [0.15, 0.2) is 16.8 Å². The summed E-state index contributed by atoms with van der Waals surface area (Å²) in [4.78, 5) is 23.6. The van der Waals surface area contributed by atoms with E-state index in [2.05, 4.69) is 0 Å². The normalized spacial score (nSPS) is 12.1. The van der Waals surface area contributed by atoms with Gasteiger partial charge in [-0.2, -0.15) is 11.3 Å². The summed E-state index contributed by atoms with van der Waals surface area (Å²) in [7, 11) is 1.66. The summed E-state index contributed by atoms with van der Waals surface area (Å²) in [5.41, 5.74) is 1.05. The van der Waals surface area contributed by atoms with E-state index < -0.39 is 12.1 Å². The van der Waals surface area contributed by atoms with E-state index in [1.165, 1.54) is 11.8 Å². The molecular weight excluding hydrogens is 242 g/mol. The third kappa shape index (κ3) is 4.54. The smallest absolute Gasteiger partial charge is 0.332 e. The number of thiophene rings is 1. The second kappa shape index (κ2) is 6.36. The Balaban J connectivity index is 2.34. The summed E-state index contributed by atoms with van der Waals surface area (Å²) < 4.78 is 4.92. The van der Waals surface area contributed by atoms with Crippen LogP contribution in [0.1, 0.15) is 12.5 Å². The Labute approximate surface area is 104 Å². The first-order chi connectivity index (χ1) is 8.00. The third-order valence-electron chi connectivity index (χ3n) is 2.23. The highest BCUT2D eigenvalue weighted by Crippen LogP contribution is 2.08. The molecule has 0 saturated heterocycles. The summed E-state index contributed by atoms with van der Waals surface area (Å²) in [6.07, 6.45) is -0.964. The highest BCUT2D eigenvalue weighted by Gasteiger charge is 2.15. The number of aliphatic carboxylic acids is 1. The lowest BCUT2D eigenvalue weighted by Gasteiger charge is -2.17. The van der Waals surface area contributed by atoms with E-state index >= 15 is 0 Å². The van der Waals surface area contributed by atoms with Crippen LogP contribution in [0.4, 0.5) is 0 Å². The van der Waals surface area contributed by atoms with Crippen molar-refractivity contribution >= 4 is 23.2 Å². The van der Waals surface area contributed by atoms with Gasteiger partial charge < -0.3 is 14.7 Å². The molecule has 1 unspecified atom stereocenters. The molecule has 0 aliphatic heterocycles. The Morgan fingerprint density at radius 3 is 2.82 bits per heavy atom. The molecule has 0 bridgehead atoms. The van der Waals surface area contributed by atoms with E-state index in [1.807, 2.05) is 16.8 Å². The van der Waals surface area contributed by atoms with E-state index in [0.717, 1.165) is 5.56 Å². The molecule has 1 amide bonds. The van der Waals surface area contributed by atoms with Gasteiger partial charge in [-0.3, -0.25) is 4.79 Å². The van der Waals surface area contributed by atoms with Crippen LogP contribution in [0.2, 0.25) is 0 Å². The highest BCUT2D eigenvalue weighted by molar-refractivity contribution is 7.07. The number of hydrogen-bond acceptors (Lipinski definition) is 4. The summed E-state index contributed by atoms with van der Waals surface area (Å²) in [6.45, 7) is 1.69. The van der Waals surface area contributed by atoms with E-state index in [1.54, 1.807) is 18.4 Å². The van der Waals surface area contributed by atoms with Gasteiger partial charge in [0.15, 0.2) is 6.10 Å². The van der Waals surface area contributed by atoms with Gasteiger partial charge in [-0.25, -0.2) is 4.79 Å². The number of carboxylic acid groups (broad SMARTS) is 1.